The lowest BCUT2D eigenvalue weighted by Gasteiger charge is -2.23. The molecule has 31 heavy (non-hydrogen) atoms. The number of anilines is 1. The van der Waals surface area contributed by atoms with Gasteiger partial charge in [-0.2, -0.15) is 4.98 Å². The third-order valence-corrected chi connectivity index (χ3v) is 6.98. The van der Waals surface area contributed by atoms with E-state index in [1.54, 1.807) is 0 Å². The molecule has 1 N–H and O–H groups in total. The molecule has 3 rings (SSSR count). The highest BCUT2D eigenvalue weighted by Gasteiger charge is 2.21. The number of aryl methyl sites for hydroxylation is 1. The molecule has 0 saturated heterocycles. The van der Waals surface area contributed by atoms with E-state index in [-0.39, 0.29) is 17.3 Å². The van der Waals surface area contributed by atoms with Gasteiger partial charge in [-0.25, -0.2) is 4.79 Å². The first-order chi connectivity index (χ1) is 15.0. The Bertz CT molecular complexity index is 953. The zero-order valence-corrected chi connectivity index (χ0v) is 19.8. The van der Waals surface area contributed by atoms with E-state index < -0.39 is 0 Å². The Morgan fingerprint density at radius 1 is 1.19 bits per heavy atom. The van der Waals surface area contributed by atoms with Crippen LogP contribution in [0.2, 0.25) is 0 Å². The van der Waals surface area contributed by atoms with Gasteiger partial charge >= 0.3 is 5.69 Å². The van der Waals surface area contributed by atoms with Crippen LogP contribution >= 0.6 is 11.8 Å². The van der Waals surface area contributed by atoms with Gasteiger partial charge in [0.2, 0.25) is 5.91 Å². The number of benzene rings is 1. The number of carbonyl (C=O) groups is 1. The first-order valence-electron chi connectivity index (χ1n) is 11.4. The molecule has 168 valence electrons. The number of amides is 1. The minimum Gasteiger partial charge on any atom is -0.325 e. The summed E-state index contributed by atoms with van der Waals surface area (Å²) in [5.74, 6) is 0.174. The molecule has 0 aliphatic heterocycles. The molecular weight excluding hydrogens is 408 g/mol. The van der Waals surface area contributed by atoms with Crippen LogP contribution in [0.3, 0.4) is 0 Å². The van der Waals surface area contributed by atoms with E-state index in [9.17, 15) is 9.59 Å². The van der Waals surface area contributed by atoms with Crippen molar-refractivity contribution in [3.05, 3.63) is 51.6 Å². The van der Waals surface area contributed by atoms with Crippen LogP contribution in [-0.2, 0) is 24.2 Å². The normalized spacial score (nSPS) is 13.3. The Balaban J connectivity index is 1.70. The van der Waals surface area contributed by atoms with Gasteiger partial charge in [0.05, 0.1) is 5.75 Å². The Labute approximate surface area is 189 Å². The fourth-order valence-electron chi connectivity index (χ4n) is 4.12. The molecule has 6 nitrogen and oxygen atoms in total. The zero-order chi connectivity index (χ0) is 22.2. The van der Waals surface area contributed by atoms with Crippen molar-refractivity contribution in [1.82, 2.24) is 14.5 Å². The number of hydrogen-bond acceptors (Lipinski definition) is 5. The topological polar surface area (TPSA) is 67.2 Å². The summed E-state index contributed by atoms with van der Waals surface area (Å²) in [5.41, 5.74) is 3.98. The molecule has 1 aliphatic rings. The fourth-order valence-corrected chi connectivity index (χ4v) is 5.00. The van der Waals surface area contributed by atoms with Crippen LogP contribution < -0.4 is 11.0 Å². The predicted octanol–water partition coefficient (Wildman–Crippen LogP) is 3.89. The molecule has 0 bridgehead atoms. The number of nitrogens with one attached hydrogen (secondary N) is 1. The number of nitrogens with zero attached hydrogens (tertiary/aromatic N) is 3. The summed E-state index contributed by atoms with van der Waals surface area (Å²) in [5, 5.41) is 3.70. The van der Waals surface area contributed by atoms with Crippen molar-refractivity contribution in [3.8, 4) is 0 Å². The van der Waals surface area contributed by atoms with Gasteiger partial charge in [-0.1, -0.05) is 43.8 Å². The van der Waals surface area contributed by atoms with E-state index in [1.807, 2.05) is 35.8 Å². The van der Waals surface area contributed by atoms with Gasteiger partial charge in [-0.3, -0.25) is 9.36 Å². The van der Waals surface area contributed by atoms with Crippen LogP contribution in [0.25, 0.3) is 0 Å². The molecule has 1 heterocycles. The van der Waals surface area contributed by atoms with E-state index >= 15 is 0 Å². The average Bonchev–Trinajstić information content (AvgIpc) is 2.78. The lowest BCUT2D eigenvalue weighted by Crippen LogP contribution is -2.32. The van der Waals surface area contributed by atoms with Crippen LogP contribution in [0, 0.1) is 6.92 Å². The molecule has 0 atom stereocenters. The van der Waals surface area contributed by atoms with Crippen molar-refractivity contribution in [1.29, 1.82) is 0 Å². The van der Waals surface area contributed by atoms with E-state index in [1.165, 1.54) is 17.3 Å². The van der Waals surface area contributed by atoms with Gasteiger partial charge in [-0.15, -0.1) is 0 Å². The second-order valence-electron chi connectivity index (χ2n) is 8.02. The monoisotopic (exact) mass is 442 g/mol. The van der Waals surface area contributed by atoms with Gasteiger partial charge in [0.25, 0.3) is 0 Å². The van der Waals surface area contributed by atoms with E-state index in [0.717, 1.165) is 73.7 Å². The quantitative estimate of drug-likeness (QED) is 0.447. The maximum Gasteiger partial charge on any atom is 0.348 e. The van der Waals surface area contributed by atoms with Crippen LogP contribution in [-0.4, -0.2) is 45.7 Å². The SMILES string of the molecule is CCN(CC)CCCn1c2c(c(SCC(=O)Nc3ccccc3C)nc1=O)CCCC2. The molecule has 1 aromatic heterocycles. The van der Waals surface area contributed by atoms with Gasteiger partial charge in [0, 0.05) is 23.5 Å². The number of rotatable bonds is 10. The molecule has 1 amide bonds. The Morgan fingerprint density at radius 2 is 1.94 bits per heavy atom. The fraction of sp³-hybridized carbons (Fsp3) is 0.542. The first-order valence-corrected chi connectivity index (χ1v) is 12.3. The second-order valence-corrected chi connectivity index (χ2v) is 8.98. The first kappa shape index (κ1) is 23.5. The van der Waals surface area contributed by atoms with Crippen molar-refractivity contribution in [2.75, 3.05) is 30.7 Å². The lowest BCUT2D eigenvalue weighted by atomic mass is 9.97. The molecule has 0 unspecified atom stereocenters. The molecule has 0 spiro atoms. The largest absolute Gasteiger partial charge is 0.348 e. The third-order valence-electron chi connectivity index (χ3n) is 5.96. The van der Waals surface area contributed by atoms with Gasteiger partial charge in [0.1, 0.15) is 5.03 Å². The van der Waals surface area contributed by atoms with Crippen LogP contribution in [0.1, 0.15) is 49.9 Å². The number of fused-ring (bicyclic) bond motifs is 1. The molecular formula is C24H34N4O2S. The van der Waals surface area contributed by atoms with Gasteiger partial charge in [0.15, 0.2) is 0 Å². The highest BCUT2D eigenvalue weighted by Crippen LogP contribution is 2.28. The molecule has 0 fully saturated rings. The summed E-state index contributed by atoms with van der Waals surface area (Å²) in [4.78, 5) is 32.1. The summed E-state index contributed by atoms with van der Waals surface area (Å²) in [6.07, 6.45) is 5.00. The standard InChI is InChI=1S/C24H34N4O2S/c1-4-27(5-2)15-10-16-28-21-14-9-7-12-19(21)23(26-24(28)30)31-17-22(29)25-20-13-8-6-11-18(20)3/h6,8,11,13H,4-5,7,9-10,12,14-17H2,1-3H3,(H,25,29). The number of carbonyl (C=O) groups excluding carboxylic acids is 1. The highest BCUT2D eigenvalue weighted by molar-refractivity contribution is 8.00. The highest BCUT2D eigenvalue weighted by atomic mass is 32.2. The van der Waals surface area contributed by atoms with Crippen molar-refractivity contribution in [3.63, 3.8) is 0 Å². The average molecular weight is 443 g/mol. The lowest BCUT2D eigenvalue weighted by molar-refractivity contribution is -0.113. The predicted molar refractivity (Wildman–Crippen MR) is 128 cm³/mol. The van der Waals surface area contributed by atoms with Crippen molar-refractivity contribution < 1.29 is 4.79 Å². The number of thioether (sulfide) groups is 1. The van der Waals surface area contributed by atoms with Crippen LogP contribution in [0.15, 0.2) is 34.1 Å². The van der Waals surface area contributed by atoms with E-state index in [0.29, 0.717) is 6.54 Å². The molecule has 0 saturated carbocycles. The van der Waals surface area contributed by atoms with Crippen LogP contribution in [0.4, 0.5) is 5.69 Å². The molecule has 2 aromatic rings. The summed E-state index contributed by atoms with van der Waals surface area (Å²) < 4.78 is 1.88. The maximum absolute atomic E-state index is 12.8. The number of aromatic nitrogens is 2. The minimum absolute atomic E-state index is 0.0749. The van der Waals surface area contributed by atoms with Gasteiger partial charge < -0.3 is 10.2 Å². The minimum atomic E-state index is -0.179. The Kier molecular flexibility index (Phi) is 8.72. The molecule has 7 heteroatoms. The Morgan fingerprint density at radius 3 is 2.68 bits per heavy atom. The summed E-state index contributed by atoms with van der Waals surface area (Å²) >= 11 is 1.38. The van der Waals surface area contributed by atoms with E-state index in [2.05, 4.69) is 29.0 Å². The summed E-state index contributed by atoms with van der Waals surface area (Å²) in [7, 11) is 0. The summed E-state index contributed by atoms with van der Waals surface area (Å²) in [6, 6.07) is 7.73. The van der Waals surface area contributed by atoms with Crippen molar-refractivity contribution in [2.24, 2.45) is 0 Å². The van der Waals surface area contributed by atoms with Crippen LogP contribution in [0.5, 0.6) is 0 Å². The van der Waals surface area contributed by atoms with Crippen molar-refractivity contribution in [2.45, 2.75) is 64.4 Å². The third kappa shape index (κ3) is 6.20. The van der Waals surface area contributed by atoms with E-state index in [4.69, 9.17) is 0 Å². The summed E-state index contributed by atoms with van der Waals surface area (Å²) in [6.45, 7) is 10.1. The molecule has 0 radical (unpaired) electrons. The second kappa shape index (κ2) is 11.5. The number of hydrogen-bond donors (Lipinski definition) is 1. The Hall–Kier alpha value is -2.12. The smallest absolute Gasteiger partial charge is 0.325 e. The zero-order valence-electron chi connectivity index (χ0n) is 18.9. The maximum atomic E-state index is 12.8. The van der Waals surface area contributed by atoms with Gasteiger partial charge in [-0.05, 0) is 70.3 Å². The molecule has 1 aromatic carbocycles. The number of para-hydroxylation sites is 1. The molecule has 1 aliphatic carbocycles. The van der Waals surface area contributed by atoms with Crippen molar-refractivity contribution >= 4 is 23.4 Å².